The van der Waals surface area contributed by atoms with E-state index in [1.54, 1.807) is 19.2 Å². The lowest BCUT2D eigenvalue weighted by Gasteiger charge is -2.24. The van der Waals surface area contributed by atoms with Crippen LogP contribution in [0.15, 0.2) is 46.9 Å². The second-order valence-electron chi connectivity index (χ2n) is 4.70. The number of nitrogens with two attached hydrogens (primary N) is 1. The molecule has 2 aromatic rings. The molecular weight excluding hydrogens is 354 g/mol. The van der Waals surface area contributed by atoms with Gasteiger partial charge in [-0.15, -0.1) is 0 Å². The summed E-state index contributed by atoms with van der Waals surface area (Å²) < 4.78 is 6.11. The molecule has 2 atom stereocenters. The summed E-state index contributed by atoms with van der Waals surface area (Å²) in [5.74, 6) is 0.467. The minimum atomic E-state index is -0.736. The van der Waals surface area contributed by atoms with Crippen LogP contribution in [0.2, 0.25) is 5.02 Å². The number of hydrogen-bond acceptors (Lipinski definition) is 3. The van der Waals surface area contributed by atoms with Crippen molar-refractivity contribution >= 4 is 27.5 Å². The smallest absolute Gasteiger partial charge is 0.122 e. The Hall–Kier alpha value is -1.07. The lowest BCUT2D eigenvalue weighted by atomic mass is 9.88. The maximum absolute atomic E-state index is 10.7. The van der Waals surface area contributed by atoms with Crippen molar-refractivity contribution < 1.29 is 9.84 Å². The molecule has 21 heavy (non-hydrogen) atoms. The fourth-order valence-corrected chi connectivity index (χ4v) is 2.84. The van der Waals surface area contributed by atoms with Gasteiger partial charge < -0.3 is 15.6 Å². The summed E-state index contributed by atoms with van der Waals surface area (Å²) in [4.78, 5) is 0. The number of ether oxygens (including phenoxy) is 1. The number of aliphatic hydroxyl groups excluding tert-OH is 1. The summed E-state index contributed by atoms with van der Waals surface area (Å²) in [5, 5.41) is 11.3. The van der Waals surface area contributed by atoms with E-state index < -0.39 is 6.10 Å². The molecule has 112 valence electrons. The molecule has 2 rings (SSSR count). The minimum Gasteiger partial charge on any atom is -0.496 e. The largest absolute Gasteiger partial charge is 0.496 e. The van der Waals surface area contributed by atoms with E-state index in [1.807, 2.05) is 30.3 Å². The van der Waals surface area contributed by atoms with E-state index in [4.69, 9.17) is 22.1 Å². The predicted octanol–water partition coefficient (Wildman–Crippen LogP) is 3.89. The van der Waals surface area contributed by atoms with Crippen LogP contribution in [0.5, 0.6) is 5.75 Å². The summed E-state index contributed by atoms with van der Waals surface area (Å²) in [6.45, 7) is 0.307. The molecule has 0 fully saturated rings. The van der Waals surface area contributed by atoms with Crippen molar-refractivity contribution in [3.8, 4) is 5.75 Å². The third-order valence-corrected chi connectivity index (χ3v) is 4.67. The van der Waals surface area contributed by atoms with E-state index in [0.717, 1.165) is 21.3 Å². The second kappa shape index (κ2) is 7.27. The average molecular weight is 371 g/mol. The molecule has 0 aromatic heterocycles. The number of hydrogen-bond donors (Lipinski definition) is 2. The van der Waals surface area contributed by atoms with Gasteiger partial charge in [0.05, 0.1) is 18.2 Å². The molecule has 0 saturated heterocycles. The van der Waals surface area contributed by atoms with Gasteiger partial charge in [0.2, 0.25) is 0 Å². The maximum Gasteiger partial charge on any atom is 0.122 e. The number of rotatable bonds is 5. The Kier molecular flexibility index (Phi) is 5.65. The molecule has 0 radical (unpaired) electrons. The van der Waals surface area contributed by atoms with Gasteiger partial charge in [-0.25, -0.2) is 0 Å². The molecular formula is C16H17BrClNO2. The van der Waals surface area contributed by atoms with Crippen LogP contribution in [0.1, 0.15) is 23.1 Å². The highest BCUT2D eigenvalue weighted by Gasteiger charge is 2.24. The number of para-hydroxylation sites is 1. The fraction of sp³-hybridized carbons (Fsp3) is 0.250. The molecule has 5 heteroatoms. The zero-order chi connectivity index (χ0) is 15.4. The molecule has 2 unspecified atom stereocenters. The van der Waals surface area contributed by atoms with E-state index in [2.05, 4.69) is 15.9 Å². The Balaban J connectivity index is 2.38. The molecule has 0 aliphatic heterocycles. The van der Waals surface area contributed by atoms with Crippen LogP contribution >= 0.6 is 27.5 Å². The highest BCUT2D eigenvalue weighted by atomic mass is 79.9. The van der Waals surface area contributed by atoms with Crippen LogP contribution in [0, 0.1) is 0 Å². The molecule has 3 N–H and O–H groups in total. The molecule has 0 aliphatic carbocycles. The summed E-state index contributed by atoms with van der Waals surface area (Å²) in [6.07, 6.45) is -0.736. The first-order valence-electron chi connectivity index (χ1n) is 6.54. The van der Waals surface area contributed by atoms with Crippen molar-refractivity contribution in [3.63, 3.8) is 0 Å². The Bertz CT molecular complexity index is 621. The minimum absolute atomic E-state index is 0.255. The zero-order valence-electron chi connectivity index (χ0n) is 11.6. The number of halogens is 2. The van der Waals surface area contributed by atoms with Crippen molar-refractivity contribution in [3.05, 3.63) is 63.1 Å². The Morgan fingerprint density at radius 1 is 1.29 bits per heavy atom. The molecule has 3 nitrogen and oxygen atoms in total. The number of methoxy groups -OCH3 is 1. The molecule has 0 heterocycles. The quantitative estimate of drug-likeness (QED) is 0.839. The monoisotopic (exact) mass is 369 g/mol. The van der Waals surface area contributed by atoms with Crippen LogP contribution < -0.4 is 10.5 Å². The Morgan fingerprint density at radius 3 is 2.62 bits per heavy atom. The molecule has 0 aliphatic rings. The number of aliphatic hydroxyl groups is 1. The third kappa shape index (κ3) is 3.58. The van der Waals surface area contributed by atoms with Gasteiger partial charge in [-0.1, -0.05) is 35.9 Å². The standard InChI is InChI=1S/C16H17BrClNO2/c1-21-15-5-3-2-4-11(15)12(9-19)16(20)10-6-7-14(18)13(17)8-10/h2-8,12,16,20H,9,19H2,1H3. The van der Waals surface area contributed by atoms with E-state index >= 15 is 0 Å². The van der Waals surface area contributed by atoms with Gasteiger partial charge >= 0.3 is 0 Å². The van der Waals surface area contributed by atoms with Gasteiger partial charge in [0.15, 0.2) is 0 Å². The van der Waals surface area contributed by atoms with E-state index in [-0.39, 0.29) is 5.92 Å². The van der Waals surface area contributed by atoms with Crippen LogP contribution in [-0.2, 0) is 0 Å². The third-order valence-electron chi connectivity index (χ3n) is 3.46. The normalized spacial score (nSPS) is 13.8. The SMILES string of the molecule is COc1ccccc1C(CN)C(O)c1ccc(Cl)c(Br)c1. The molecule has 0 saturated carbocycles. The first-order chi connectivity index (χ1) is 10.1. The highest BCUT2D eigenvalue weighted by molar-refractivity contribution is 9.10. The van der Waals surface area contributed by atoms with E-state index in [9.17, 15) is 5.11 Å². The molecule has 2 aromatic carbocycles. The van der Waals surface area contributed by atoms with Crippen molar-refractivity contribution in [2.45, 2.75) is 12.0 Å². The van der Waals surface area contributed by atoms with Gasteiger partial charge in [-0.3, -0.25) is 0 Å². The van der Waals surface area contributed by atoms with Crippen LogP contribution in [0.25, 0.3) is 0 Å². The highest BCUT2D eigenvalue weighted by Crippen LogP contribution is 2.37. The van der Waals surface area contributed by atoms with E-state index in [1.165, 1.54) is 0 Å². The maximum atomic E-state index is 10.7. The van der Waals surface area contributed by atoms with Gasteiger partial charge in [0, 0.05) is 22.5 Å². The predicted molar refractivity (Wildman–Crippen MR) is 88.9 cm³/mol. The van der Waals surface area contributed by atoms with Gasteiger partial charge in [0.1, 0.15) is 5.75 Å². The van der Waals surface area contributed by atoms with Gasteiger partial charge in [-0.2, -0.15) is 0 Å². The lowest BCUT2D eigenvalue weighted by Crippen LogP contribution is -2.20. The summed E-state index contributed by atoms with van der Waals surface area (Å²) in [5.41, 5.74) is 7.53. The van der Waals surface area contributed by atoms with Gasteiger partial charge in [-0.05, 0) is 39.7 Å². The molecule has 0 bridgehead atoms. The topological polar surface area (TPSA) is 55.5 Å². The zero-order valence-corrected chi connectivity index (χ0v) is 13.9. The first-order valence-corrected chi connectivity index (χ1v) is 7.71. The summed E-state index contributed by atoms with van der Waals surface area (Å²) in [7, 11) is 1.61. The van der Waals surface area contributed by atoms with Crippen molar-refractivity contribution in [1.82, 2.24) is 0 Å². The molecule has 0 amide bonds. The summed E-state index contributed by atoms with van der Waals surface area (Å²) >= 11 is 9.36. The lowest BCUT2D eigenvalue weighted by molar-refractivity contribution is 0.146. The van der Waals surface area contributed by atoms with Crippen LogP contribution in [0.4, 0.5) is 0 Å². The van der Waals surface area contributed by atoms with Gasteiger partial charge in [0.25, 0.3) is 0 Å². The second-order valence-corrected chi connectivity index (χ2v) is 5.96. The van der Waals surface area contributed by atoms with Crippen LogP contribution in [-0.4, -0.2) is 18.8 Å². The van der Waals surface area contributed by atoms with Crippen molar-refractivity contribution in [1.29, 1.82) is 0 Å². The van der Waals surface area contributed by atoms with Crippen molar-refractivity contribution in [2.75, 3.05) is 13.7 Å². The number of benzene rings is 2. The van der Waals surface area contributed by atoms with E-state index in [0.29, 0.717) is 11.6 Å². The van der Waals surface area contributed by atoms with Crippen molar-refractivity contribution in [2.24, 2.45) is 5.73 Å². The average Bonchev–Trinajstić information content (AvgIpc) is 2.51. The molecule has 0 spiro atoms. The summed E-state index contributed by atoms with van der Waals surface area (Å²) in [6, 6.07) is 12.9. The Labute approximate surface area is 137 Å². The Morgan fingerprint density at radius 2 is 2.00 bits per heavy atom. The van der Waals surface area contributed by atoms with Crippen LogP contribution in [0.3, 0.4) is 0 Å². The first kappa shape index (κ1) is 16.3. The fourth-order valence-electron chi connectivity index (χ4n) is 2.33.